The van der Waals surface area contributed by atoms with Crippen molar-refractivity contribution in [3.8, 4) is 23.2 Å². The minimum Gasteiger partial charge on any atom is -0.394 e. The summed E-state index contributed by atoms with van der Waals surface area (Å²) < 4.78 is 7.40. The van der Waals surface area contributed by atoms with E-state index in [1.165, 1.54) is 0 Å². The maximum absolute atomic E-state index is 12.2. The number of nitrogens with two attached hydrogens (primary N) is 1. The Kier molecular flexibility index (Phi) is 7.15. The number of carbonyl (C=O) groups is 1. The van der Waals surface area contributed by atoms with Crippen molar-refractivity contribution in [3.63, 3.8) is 0 Å². The van der Waals surface area contributed by atoms with Crippen molar-refractivity contribution in [2.24, 2.45) is 17.1 Å². The number of hydrogen-bond acceptors (Lipinski definition) is 7. The van der Waals surface area contributed by atoms with Gasteiger partial charge in [0.15, 0.2) is 5.76 Å². The van der Waals surface area contributed by atoms with Gasteiger partial charge in [-0.2, -0.15) is 0 Å². The third-order valence-electron chi connectivity index (χ3n) is 7.61. The van der Waals surface area contributed by atoms with Crippen molar-refractivity contribution in [3.05, 3.63) is 59.8 Å². The Hall–Kier alpha value is -3.45. The van der Waals surface area contributed by atoms with E-state index in [0.717, 1.165) is 42.5 Å². The van der Waals surface area contributed by atoms with Gasteiger partial charge in [-0.05, 0) is 62.3 Å². The highest BCUT2D eigenvalue weighted by Crippen LogP contribution is 2.52. The fourth-order valence-electron chi connectivity index (χ4n) is 5.43. The molecule has 1 spiro atoms. The van der Waals surface area contributed by atoms with E-state index in [4.69, 9.17) is 15.4 Å². The summed E-state index contributed by atoms with van der Waals surface area (Å²) in [4.78, 5) is 18.2. The summed E-state index contributed by atoms with van der Waals surface area (Å²) >= 11 is 0. The number of aliphatic hydroxyl groups excluding tert-OH is 2. The Morgan fingerprint density at radius 2 is 2.00 bits per heavy atom. The van der Waals surface area contributed by atoms with Gasteiger partial charge in [0.25, 0.3) is 0 Å². The van der Waals surface area contributed by atoms with Crippen LogP contribution < -0.4 is 5.73 Å². The molecule has 5 rings (SSSR count). The van der Waals surface area contributed by atoms with E-state index in [9.17, 15) is 9.90 Å². The Morgan fingerprint density at radius 3 is 2.68 bits per heavy atom. The van der Waals surface area contributed by atoms with E-state index in [0.29, 0.717) is 42.6 Å². The van der Waals surface area contributed by atoms with Crippen LogP contribution in [0.5, 0.6) is 0 Å². The number of carbonyl (C=O) groups excluding carboxylic acids is 1. The summed E-state index contributed by atoms with van der Waals surface area (Å²) in [5, 5.41) is 23.1. The molecule has 9 nitrogen and oxygen atoms in total. The van der Waals surface area contributed by atoms with Gasteiger partial charge in [-0.3, -0.25) is 4.79 Å². The van der Waals surface area contributed by atoms with Crippen LogP contribution >= 0.6 is 0 Å². The predicted octanol–water partition coefficient (Wildman–Crippen LogP) is 2.33. The average Bonchev–Trinajstić information content (AvgIpc) is 3.56. The van der Waals surface area contributed by atoms with Gasteiger partial charge in [-0.25, -0.2) is 4.98 Å². The third-order valence-corrected chi connectivity index (χ3v) is 7.61. The zero-order valence-electron chi connectivity index (χ0n) is 21.0. The van der Waals surface area contributed by atoms with Gasteiger partial charge in [-0.15, -0.1) is 0 Å². The van der Waals surface area contributed by atoms with Crippen LogP contribution in [-0.4, -0.2) is 61.5 Å². The Labute approximate surface area is 216 Å². The molecule has 0 radical (unpaired) electrons. The summed E-state index contributed by atoms with van der Waals surface area (Å²) in [7, 11) is 0. The first-order chi connectivity index (χ1) is 17.9. The van der Waals surface area contributed by atoms with Crippen LogP contribution in [0.25, 0.3) is 11.3 Å². The molecule has 9 heteroatoms. The molecule has 3 aromatic rings. The first-order valence-corrected chi connectivity index (χ1v) is 12.8. The molecular formula is C28H33N5O4. The smallest absolute Gasteiger partial charge is 0.241 e. The highest BCUT2D eigenvalue weighted by atomic mass is 16.5. The minimum absolute atomic E-state index is 0.151. The zero-order valence-corrected chi connectivity index (χ0v) is 21.0. The molecule has 2 fully saturated rings. The summed E-state index contributed by atoms with van der Waals surface area (Å²) in [6, 6.07) is 9.05. The molecule has 2 aliphatic rings. The lowest BCUT2D eigenvalue weighted by Gasteiger charge is -2.51. The maximum atomic E-state index is 12.2. The second kappa shape index (κ2) is 10.5. The number of hydrogen-bond donors (Lipinski definition) is 3. The normalized spacial score (nSPS) is 18.6. The molecule has 0 unspecified atom stereocenters. The van der Waals surface area contributed by atoms with Crippen LogP contribution in [0.3, 0.4) is 0 Å². The van der Waals surface area contributed by atoms with E-state index >= 15 is 0 Å². The molecule has 4 N–H and O–H groups in total. The van der Waals surface area contributed by atoms with Crippen molar-refractivity contribution in [1.82, 2.24) is 19.6 Å². The van der Waals surface area contributed by atoms with Gasteiger partial charge in [-0.1, -0.05) is 17.0 Å². The maximum Gasteiger partial charge on any atom is 0.241 e. The van der Waals surface area contributed by atoms with Crippen LogP contribution in [0.15, 0.2) is 47.2 Å². The molecule has 3 heterocycles. The zero-order chi connectivity index (χ0) is 26.0. The van der Waals surface area contributed by atoms with Gasteiger partial charge < -0.3 is 29.9 Å². The lowest BCUT2D eigenvalue weighted by Crippen LogP contribution is -2.53. The summed E-state index contributed by atoms with van der Waals surface area (Å²) in [5.41, 5.74) is 8.61. The van der Waals surface area contributed by atoms with Gasteiger partial charge in [0.05, 0.1) is 13.2 Å². The highest BCUT2D eigenvalue weighted by molar-refractivity contribution is 5.81. The number of likely N-dealkylation sites (tertiary alicyclic amines) is 1. The van der Waals surface area contributed by atoms with E-state index < -0.39 is 12.1 Å². The molecule has 1 aromatic carbocycles. The molecule has 1 saturated heterocycles. The first kappa shape index (κ1) is 25.2. The quantitative estimate of drug-likeness (QED) is 0.440. The minimum atomic E-state index is -0.808. The van der Waals surface area contributed by atoms with Gasteiger partial charge in [0, 0.05) is 48.6 Å². The fourth-order valence-corrected chi connectivity index (χ4v) is 5.43. The fraction of sp³-hybridized carbons (Fsp3) is 0.464. The molecular weight excluding hydrogens is 470 g/mol. The monoisotopic (exact) mass is 503 g/mol. The number of piperidine rings is 1. The molecule has 1 aliphatic heterocycles. The summed E-state index contributed by atoms with van der Waals surface area (Å²) in [5.74, 6) is 8.23. The highest BCUT2D eigenvalue weighted by Gasteiger charge is 2.46. The molecule has 1 amide bonds. The van der Waals surface area contributed by atoms with Crippen LogP contribution in [0.4, 0.5) is 0 Å². The second-order valence-electron chi connectivity index (χ2n) is 10.3. The van der Waals surface area contributed by atoms with Gasteiger partial charge in [0.1, 0.15) is 23.7 Å². The number of amides is 1. The first-order valence-electron chi connectivity index (χ1n) is 12.8. The van der Waals surface area contributed by atoms with Crippen molar-refractivity contribution in [2.75, 3.05) is 19.7 Å². The number of aromatic nitrogens is 3. The SMILES string of the molecule is C[C@H](O)c1nccn1Cc1cc(-c2ccc(C#CC3CC4(CCN(C(=O)[C@@H](N)CO)CC4)C3)cc2)on1. The topological polar surface area (TPSA) is 131 Å². The van der Waals surface area contributed by atoms with Gasteiger partial charge in [0.2, 0.25) is 5.91 Å². The largest absolute Gasteiger partial charge is 0.394 e. The number of benzene rings is 1. The number of aliphatic hydroxyl groups is 2. The molecule has 37 heavy (non-hydrogen) atoms. The number of imidazole rings is 1. The summed E-state index contributed by atoms with van der Waals surface area (Å²) in [6.45, 7) is 3.27. The van der Waals surface area contributed by atoms with E-state index in [-0.39, 0.29) is 12.5 Å². The van der Waals surface area contributed by atoms with Crippen LogP contribution in [0.2, 0.25) is 0 Å². The van der Waals surface area contributed by atoms with Crippen LogP contribution in [0, 0.1) is 23.2 Å². The predicted molar refractivity (Wildman–Crippen MR) is 137 cm³/mol. The number of nitrogens with zero attached hydrogens (tertiary/aromatic N) is 4. The van der Waals surface area contributed by atoms with Crippen LogP contribution in [0.1, 0.15) is 55.8 Å². The lowest BCUT2D eigenvalue weighted by molar-refractivity contribution is -0.137. The third kappa shape index (κ3) is 5.47. The standard InChI is InChI=1S/C28H33N5O4/c1-19(35)26-30-10-13-33(26)17-23-14-25(37-31-23)22-6-4-20(5-7-22)2-3-21-15-28(16-21)8-11-32(12-9-28)27(36)24(29)18-34/h4-7,10,13-14,19,21,24,34-35H,8-9,11-12,15-18,29H2,1H3/t19-,24-/m0/s1. The van der Waals surface area contributed by atoms with Crippen molar-refractivity contribution < 1.29 is 19.5 Å². The molecule has 194 valence electrons. The molecule has 2 aromatic heterocycles. The van der Waals surface area contributed by atoms with Crippen molar-refractivity contribution in [1.29, 1.82) is 0 Å². The molecule has 2 atom stereocenters. The lowest BCUT2D eigenvalue weighted by atomic mass is 9.58. The average molecular weight is 504 g/mol. The van der Waals surface area contributed by atoms with Crippen LogP contribution in [-0.2, 0) is 11.3 Å². The number of rotatable bonds is 6. The Bertz CT molecular complexity index is 1280. The van der Waals surface area contributed by atoms with Gasteiger partial charge >= 0.3 is 0 Å². The van der Waals surface area contributed by atoms with Crippen molar-refractivity contribution in [2.45, 2.75) is 51.3 Å². The molecule has 1 saturated carbocycles. The summed E-state index contributed by atoms with van der Waals surface area (Å²) in [6.07, 6.45) is 6.91. The molecule has 0 bridgehead atoms. The van der Waals surface area contributed by atoms with E-state index in [2.05, 4.69) is 22.0 Å². The Morgan fingerprint density at radius 1 is 1.27 bits per heavy atom. The van der Waals surface area contributed by atoms with Crippen molar-refractivity contribution >= 4 is 5.91 Å². The second-order valence-corrected chi connectivity index (χ2v) is 10.3. The van der Waals surface area contributed by atoms with E-state index in [1.54, 1.807) is 18.0 Å². The molecule has 1 aliphatic carbocycles. The van der Waals surface area contributed by atoms with E-state index in [1.807, 2.05) is 41.1 Å². The Balaban J connectivity index is 1.13.